The SMILES string of the molecule is Oc1ccc(Cl)c(CC2CCCCN2)c1. The molecule has 15 heavy (non-hydrogen) atoms. The van der Waals surface area contributed by atoms with Crippen LogP contribution in [-0.4, -0.2) is 17.7 Å². The molecular formula is C12H16ClNO. The minimum atomic E-state index is 0.296. The number of hydrogen-bond donors (Lipinski definition) is 2. The number of hydrogen-bond acceptors (Lipinski definition) is 2. The summed E-state index contributed by atoms with van der Waals surface area (Å²) in [6, 6.07) is 5.66. The van der Waals surface area contributed by atoms with Crippen LogP contribution >= 0.6 is 11.6 Å². The molecule has 0 saturated carbocycles. The van der Waals surface area contributed by atoms with Crippen molar-refractivity contribution in [3.63, 3.8) is 0 Å². The Balaban J connectivity index is 2.05. The molecule has 0 aromatic heterocycles. The van der Waals surface area contributed by atoms with Crippen molar-refractivity contribution in [1.82, 2.24) is 5.32 Å². The predicted octanol–water partition coefficient (Wildman–Crippen LogP) is 2.73. The fraction of sp³-hybridized carbons (Fsp3) is 0.500. The number of phenols is 1. The molecule has 1 fully saturated rings. The first-order valence-corrected chi connectivity index (χ1v) is 5.84. The smallest absolute Gasteiger partial charge is 0.115 e. The van der Waals surface area contributed by atoms with Gasteiger partial charge in [-0.25, -0.2) is 0 Å². The van der Waals surface area contributed by atoms with Crippen LogP contribution in [0, 0.1) is 0 Å². The number of benzene rings is 1. The van der Waals surface area contributed by atoms with Gasteiger partial charge in [0.25, 0.3) is 0 Å². The molecular weight excluding hydrogens is 210 g/mol. The highest BCUT2D eigenvalue weighted by molar-refractivity contribution is 6.31. The van der Waals surface area contributed by atoms with Gasteiger partial charge in [0.05, 0.1) is 0 Å². The molecule has 1 aromatic carbocycles. The average Bonchev–Trinajstić information content (AvgIpc) is 2.25. The summed E-state index contributed by atoms with van der Waals surface area (Å²) in [6.07, 6.45) is 4.66. The zero-order chi connectivity index (χ0) is 10.7. The Bertz CT molecular complexity index is 334. The van der Waals surface area contributed by atoms with Crippen molar-refractivity contribution >= 4 is 11.6 Å². The first-order chi connectivity index (χ1) is 7.25. The zero-order valence-corrected chi connectivity index (χ0v) is 9.43. The summed E-state index contributed by atoms with van der Waals surface area (Å²) in [5.41, 5.74) is 1.04. The fourth-order valence-electron chi connectivity index (χ4n) is 2.08. The molecule has 2 rings (SSSR count). The normalized spacial score (nSPS) is 21.5. The number of piperidine rings is 1. The second-order valence-corrected chi connectivity index (χ2v) is 4.53. The minimum Gasteiger partial charge on any atom is -0.508 e. The molecule has 1 aliphatic heterocycles. The van der Waals surface area contributed by atoms with Gasteiger partial charge < -0.3 is 10.4 Å². The second-order valence-electron chi connectivity index (χ2n) is 4.13. The summed E-state index contributed by atoms with van der Waals surface area (Å²) in [7, 11) is 0. The number of rotatable bonds is 2. The monoisotopic (exact) mass is 225 g/mol. The van der Waals surface area contributed by atoms with Crippen LogP contribution in [0.15, 0.2) is 18.2 Å². The summed E-state index contributed by atoms with van der Waals surface area (Å²) in [5, 5.41) is 13.6. The number of phenolic OH excluding ortho intramolecular Hbond substituents is 1. The van der Waals surface area contributed by atoms with Crippen LogP contribution in [0.5, 0.6) is 5.75 Å². The second kappa shape index (κ2) is 4.86. The zero-order valence-electron chi connectivity index (χ0n) is 8.67. The summed E-state index contributed by atoms with van der Waals surface area (Å²) in [4.78, 5) is 0. The Hall–Kier alpha value is -0.730. The van der Waals surface area contributed by atoms with E-state index in [-0.39, 0.29) is 0 Å². The van der Waals surface area contributed by atoms with Crippen molar-refractivity contribution in [1.29, 1.82) is 0 Å². The third-order valence-corrected chi connectivity index (χ3v) is 3.28. The summed E-state index contributed by atoms with van der Waals surface area (Å²) >= 11 is 6.08. The van der Waals surface area contributed by atoms with Gasteiger partial charge in [-0.05, 0) is 49.6 Å². The predicted molar refractivity (Wildman–Crippen MR) is 62.5 cm³/mol. The van der Waals surface area contributed by atoms with Crippen molar-refractivity contribution in [3.05, 3.63) is 28.8 Å². The topological polar surface area (TPSA) is 32.3 Å². The first-order valence-electron chi connectivity index (χ1n) is 5.46. The van der Waals surface area contributed by atoms with E-state index in [4.69, 9.17) is 11.6 Å². The molecule has 0 bridgehead atoms. The number of nitrogens with one attached hydrogen (secondary N) is 1. The molecule has 1 aliphatic rings. The van der Waals surface area contributed by atoms with Gasteiger partial charge in [0.2, 0.25) is 0 Å². The van der Waals surface area contributed by atoms with E-state index in [9.17, 15) is 5.11 Å². The van der Waals surface area contributed by atoms with Crippen LogP contribution in [0.3, 0.4) is 0 Å². The van der Waals surface area contributed by atoms with Gasteiger partial charge in [-0.2, -0.15) is 0 Å². The van der Waals surface area contributed by atoms with Crippen molar-refractivity contribution in [2.24, 2.45) is 0 Å². The van der Waals surface area contributed by atoms with Gasteiger partial charge in [-0.1, -0.05) is 18.0 Å². The van der Waals surface area contributed by atoms with Crippen LogP contribution in [0.1, 0.15) is 24.8 Å². The molecule has 1 atom stereocenters. The van der Waals surface area contributed by atoms with Crippen molar-refractivity contribution in [2.45, 2.75) is 31.7 Å². The molecule has 1 unspecified atom stereocenters. The van der Waals surface area contributed by atoms with Crippen LogP contribution in [0.2, 0.25) is 5.02 Å². The molecule has 0 spiro atoms. The van der Waals surface area contributed by atoms with Crippen molar-refractivity contribution < 1.29 is 5.11 Å². The van der Waals surface area contributed by atoms with Gasteiger partial charge >= 0.3 is 0 Å². The van der Waals surface area contributed by atoms with E-state index in [1.165, 1.54) is 19.3 Å². The number of aromatic hydroxyl groups is 1. The molecule has 82 valence electrons. The van der Waals surface area contributed by atoms with Gasteiger partial charge in [0.15, 0.2) is 0 Å². The molecule has 0 aliphatic carbocycles. The van der Waals surface area contributed by atoms with Crippen molar-refractivity contribution in [3.8, 4) is 5.75 Å². The quantitative estimate of drug-likeness (QED) is 0.811. The van der Waals surface area contributed by atoms with Crippen LogP contribution in [-0.2, 0) is 6.42 Å². The van der Waals surface area contributed by atoms with E-state index in [1.807, 2.05) is 0 Å². The highest BCUT2D eigenvalue weighted by Gasteiger charge is 2.14. The third kappa shape index (κ3) is 2.86. The van der Waals surface area contributed by atoms with E-state index < -0.39 is 0 Å². The van der Waals surface area contributed by atoms with Gasteiger partial charge in [0, 0.05) is 11.1 Å². The highest BCUT2D eigenvalue weighted by atomic mass is 35.5. The molecule has 2 N–H and O–H groups in total. The molecule has 1 aromatic rings. The molecule has 0 radical (unpaired) electrons. The Morgan fingerprint density at radius 1 is 1.40 bits per heavy atom. The van der Waals surface area contributed by atoms with E-state index >= 15 is 0 Å². The van der Waals surface area contributed by atoms with Crippen LogP contribution in [0.25, 0.3) is 0 Å². The largest absolute Gasteiger partial charge is 0.508 e. The summed E-state index contributed by atoms with van der Waals surface area (Å²) < 4.78 is 0. The summed E-state index contributed by atoms with van der Waals surface area (Å²) in [6.45, 7) is 1.10. The van der Waals surface area contributed by atoms with Crippen molar-refractivity contribution in [2.75, 3.05) is 6.54 Å². The van der Waals surface area contributed by atoms with E-state index in [1.54, 1.807) is 18.2 Å². The maximum absolute atomic E-state index is 9.39. The molecule has 2 nitrogen and oxygen atoms in total. The minimum absolute atomic E-state index is 0.296. The molecule has 1 saturated heterocycles. The Labute approximate surface area is 95.3 Å². The van der Waals surface area contributed by atoms with Crippen LogP contribution in [0.4, 0.5) is 0 Å². The highest BCUT2D eigenvalue weighted by Crippen LogP contribution is 2.24. The summed E-state index contributed by atoms with van der Waals surface area (Å²) in [5.74, 6) is 0.296. The molecule has 0 amide bonds. The third-order valence-electron chi connectivity index (χ3n) is 2.91. The van der Waals surface area contributed by atoms with Gasteiger partial charge in [0.1, 0.15) is 5.75 Å². The molecule has 3 heteroatoms. The number of halogens is 1. The first kappa shape index (κ1) is 10.8. The van der Waals surface area contributed by atoms with Gasteiger partial charge in [-0.15, -0.1) is 0 Å². The van der Waals surface area contributed by atoms with E-state index in [2.05, 4.69) is 5.32 Å². The Morgan fingerprint density at radius 2 is 2.27 bits per heavy atom. The Kier molecular flexibility index (Phi) is 3.49. The lowest BCUT2D eigenvalue weighted by atomic mass is 9.98. The van der Waals surface area contributed by atoms with Crippen LogP contribution < -0.4 is 5.32 Å². The maximum Gasteiger partial charge on any atom is 0.115 e. The molecule has 1 heterocycles. The fourth-order valence-corrected chi connectivity index (χ4v) is 2.28. The van der Waals surface area contributed by atoms with Gasteiger partial charge in [-0.3, -0.25) is 0 Å². The van der Waals surface area contributed by atoms with E-state index in [0.717, 1.165) is 23.6 Å². The average molecular weight is 226 g/mol. The Morgan fingerprint density at radius 3 is 3.00 bits per heavy atom. The lowest BCUT2D eigenvalue weighted by Gasteiger charge is -2.23. The standard InChI is InChI=1S/C12H16ClNO/c13-12-5-4-11(15)8-9(12)7-10-3-1-2-6-14-10/h4-5,8,10,14-15H,1-3,6-7H2. The maximum atomic E-state index is 9.39. The van der Waals surface area contributed by atoms with E-state index in [0.29, 0.717) is 11.8 Å². The lowest BCUT2D eigenvalue weighted by Crippen LogP contribution is -2.35. The lowest BCUT2D eigenvalue weighted by molar-refractivity contribution is 0.398.